The van der Waals surface area contributed by atoms with Crippen LogP contribution in [0.3, 0.4) is 0 Å². The zero-order valence-corrected chi connectivity index (χ0v) is 14.2. The third-order valence-corrected chi connectivity index (χ3v) is 4.65. The predicted octanol–water partition coefficient (Wildman–Crippen LogP) is 3.12. The number of carbonyl (C=O) groups excluding carboxylic acids is 1. The van der Waals surface area contributed by atoms with Crippen LogP contribution in [0.5, 0.6) is 0 Å². The van der Waals surface area contributed by atoms with Crippen LogP contribution in [0.2, 0.25) is 0 Å². The summed E-state index contributed by atoms with van der Waals surface area (Å²) in [5.41, 5.74) is 0.683. The Morgan fingerprint density at radius 1 is 1.55 bits per heavy atom. The molecular weight excluding hydrogens is 300 g/mol. The monoisotopic (exact) mass is 322 g/mol. The van der Waals surface area contributed by atoms with Crippen LogP contribution in [-0.2, 0) is 11.3 Å². The summed E-state index contributed by atoms with van der Waals surface area (Å²) in [4.78, 5) is 16.4. The van der Waals surface area contributed by atoms with E-state index in [1.807, 2.05) is 6.92 Å². The molecule has 0 unspecified atom stereocenters. The van der Waals surface area contributed by atoms with Crippen LogP contribution in [0, 0.1) is 6.92 Å². The summed E-state index contributed by atoms with van der Waals surface area (Å²) >= 11 is 1.71. The Balaban J connectivity index is 1.94. The number of aromatic nitrogens is 2. The molecule has 0 saturated heterocycles. The Morgan fingerprint density at radius 2 is 2.32 bits per heavy atom. The number of rotatable bonds is 6. The van der Waals surface area contributed by atoms with E-state index in [-0.39, 0.29) is 12.1 Å². The number of nitrogens with zero attached hydrogens (tertiary/aromatic N) is 3. The number of methoxy groups -OCH3 is 1. The van der Waals surface area contributed by atoms with Crippen LogP contribution in [0.15, 0.2) is 24.5 Å². The number of thiophene rings is 1. The molecule has 2 amide bonds. The maximum absolute atomic E-state index is 12.3. The molecule has 0 spiro atoms. The fraction of sp³-hybridized carbons (Fsp3) is 0.467. The molecule has 0 aliphatic rings. The van der Waals surface area contributed by atoms with Crippen LogP contribution >= 0.6 is 11.3 Å². The largest absolute Gasteiger partial charge is 0.383 e. The van der Waals surface area contributed by atoms with Gasteiger partial charge in [0.25, 0.3) is 0 Å². The van der Waals surface area contributed by atoms with E-state index < -0.39 is 0 Å². The maximum atomic E-state index is 12.3. The molecule has 120 valence electrons. The summed E-state index contributed by atoms with van der Waals surface area (Å²) in [6.07, 6.45) is 3.44. The maximum Gasteiger partial charge on any atom is 0.322 e. The lowest BCUT2D eigenvalue weighted by Gasteiger charge is -2.24. The van der Waals surface area contributed by atoms with E-state index in [0.717, 1.165) is 0 Å². The van der Waals surface area contributed by atoms with Crippen molar-refractivity contribution >= 4 is 23.1 Å². The number of urea groups is 1. The highest BCUT2D eigenvalue weighted by Gasteiger charge is 2.19. The molecule has 2 heterocycles. The molecule has 22 heavy (non-hydrogen) atoms. The van der Waals surface area contributed by atoms with Gasteiger partial charge in [0, 0.05) is 30.1 Å². The Labute approximate surface area is 134 Å². The van der Waals surface area contributed by atoms with Crippen molar-refractivity contribution < 1.29 is 9.53 Å². The molecule has 1 atom stereocenters. The Morgan fingerprint density at radius 3 is 2.95 bits per heavy atom. The van der Waals surface area contributed by atoms with Gasteiger partial charge in [0.15, 0.2) is 0 Å². The number of hydrogen-bond acceptors (Lipinski definition) is 4. The molecule has 7 heteroatoms. The van der Waals surface area contributed by atoms with Gasteiger partial charge in [-0.1, -0.05) is 0 Å². The van der Waals surface area contributed by atoms with Gasteiger partial charge in [-0.3, -0.25) is 4.68 Å². The van der Waals surface area contributed by atoms with E-state index in [1.54, 1.807) is 47.5 Å². The van der Waals surface area contributed by atoms with E-state index in [0.29, 0.717) is 18.8 Å². The third-order valence-electron chi connectivity index (χ3n) is 3.48. The Kier molecular flexibility index (Phi) is 5.57. The molecule has 2 aromatic rings. The number of nitrogens with one attached hydrogen (secondary N) is 1. The van der Waals surface area contributed by atoms with Crippen LogP contribution in [0.1, 0.15) is 22.7 Å². The van der Waals surface area contributed by atoms with Gasteiger partial charge in [0.2, 0.25) is 0 Å². The van der Waals surface area contributed by atoms with Crippen LogP contribution in [0.4, 0.5) is 10.5 Å². The zero-order chi connectivity index (χ0) is 16.1. The first-order chi connectivity index (χ1) is 10.5. The lowest BCUT2D eigenvalue weighted by Crippen LogP contribution is -2.33. The lowest BCUT2D eigenvalue weighted by atomic mass is 10.2. The highest BCUT2D eigenvalue weighted by Crippen LogP contribution is 2.26. The van der Waals surface area contributed by atoms with E-state index in [9.17, 15) is 4.79 Å². The molecular formula is C15H22N4O2S. The standard InChI is InChI=1S/C15H22N4O2S/c1-11-5-6-14(22-11)12(2)18(3)15(20)17-13-9-16-19(10-13)7-8-21-4/h5-6,9-10,12H,7-8H2,1-4H3,(H,17,20)/t12-/m1/s1. The fourth-order valence-electron chi connectivity index (χ4n) is 1.99. The summed E-state index contributed by atoms with van der Waals surface area (Å²) in [6, 6.07) is 4.02. The first-order valence-electron chi connectivity index (χ1n) is 7.12. The molecule has 2 aromatic heterocycles. The second-order valence-corrected chi connectivity index (χ2v) is 6.47. The second kappa shape index (κ2) is 7.42. The fourth-order valence-corrected chi connectivity index (χ4v) is 2.96. The van der Waals surface area contributed by atoms with Gasteiger partial charge in [0.1, 0.15) is 0 Å². The number of amides is 2. The van der Waals surface area contributed by atoms with Crippen LogP contribution in [-0.4, -0.2) is 41.5 Å². The molecule has 0 saturated carbocycles. The predicted molar refractivity (Wildman–Crippen MR) is 88.4 cm³/mol. The van der Waals surface area contributed by atoms with Crippen LogP contribution in [0.25, 0.3) is 0 Å². The highest BCUT2D eigenvalue weighted by molar-refractivity contribution is 7.12. The summed E-state index contributed by atoms with van der Waals surface area (Å²) in [7, 11) is 3.44. The Bertz CT molecular complexity index is 623. The Hall–Kier alpha value is -1.86. The van der Waals surface area contributed by atoms with Gasteiger partial charge >= 0.3 is 6.03 Å². The normalized spacial score (nSPS) is 12.2. The molecule has 6 nitrogen and oxygen atoms in total. The molecule has 0 radical (unpaired) electrons. The number of aryl methyl sites for hydroxylation is 1. The van der Waals surface area contributed by atoms with Crippen LogP contribution < -0.4 is 5.32 Å². The number of carbonyl (C=O) groups is 1. The van der Waals surface area contributed by atoms with Crippen molar-refractivity contribution in [3.63, 3.8) is 0 Å². The molecule has 0 aromatic carbocycles. The van der Waals surface area contributed by atoms with E-state index in [1.165, 1.54) is 9.75 Å². The summed E-state index contributed by atoms with van der Waals surface area (Å²) in [5, 5.41) is 7.04. The van der Waals surface area contributed by atoms with Gasteiger partial charge in [-0.25, -0.2) is 4.79 Å². The molecule has 0 fully saturated rings. The van der Waals surface area contributed by atoms with E-state index in [4.69, 9.17) is 4.74 Å². The summed E-state index contributed by atoms with van der Waals surface area (Å²) in [6.45, 7) is 5.33. The van der Waals surface area contributed by atoms with E-state index >= 15 is 0 Å². The second-order valence-electron chi connectivity index (χ2n) is 5.15. The minimum absolute atomic E-state index is 0.0298. The number of hydrogen-bond donors (Lipinski definition) is 1. The van der Waals surface area contributed by atoms with Gasteiger partial charge < -0.3 is 15.0 Å². The number of anilines is 1. The number of ether oxygens (including phenoxy) is 1. The molecule has 0 bridgehead atoms. The van der Waals surface area contributed by atoms with Crippen molar-refractivity contribution in [1.29, 1.82) is 0 Å². The molecule has 1 N–H and O–H groups in total. The third kappa shape index (κ3) is 4.08. The van der Waals surface area contributed by atoms with E-state index in [2.05, 4.69) is 29.5 Å². The van der Waals surface area contributed by atoms with Crippen molar-refractivity contribution in [1.82, 2.24) is 14.7 Å². The quantitative estimate of drug-likeness (QED) is 0.889. The zero-order valence-electron chi connectivity index (χ0n) is 13.4. The SMILES string of the molecule is COCCn1cc(NC(=O)N(C)[C@H](C)c2ccc(C)s2)cn1. The lowest BCUT2D eigenvalue weighted by molar-refractivity contribution is 0.183. The molecule has 0 aliphatic heterocycles. The smallest absolute Gasteiger partial charge is 0.322 e. The average Bonchev–Trinajstić information content (AvgIpc) is 3.12. The van der Waals surface area contributed by atoms with Crippen molar-refractivity contribution in [2.45, 2.75) is 26.4 Å². The topological polar surface area (TPSA) is 59.4 Å². The highest BCUT2D eigenvalue weighted by atomic mass is 32.1. The molecule has 2 rings (SSSR count). The average molecular weight is 322 g/mol. The summed E-state index contributed by atoms with van der Waals surface area (Å²) in [5.74, 6) is 0. The minimum atomic E-state index is -0.148. The molecule has 0 aliphatic carbocycles. The van der Waals surface area contributed by atoms with Gasteiger partial charge in [0.05, 0.1) is 31.1 Å². The van der Waals surface area contributed by atoms with Crippen molar-refractivity contribution in [3.8, 4) is 0 Å². The first kappa shape index (κ1) is 16.5. The van der Waals surface area contributed by atoms with Gasteiger partial charge in [-0.15, -0.1) is 11.3 Å². The summed E-state index contributed by atoms with van der Waals surface area (Å²) < 4.78 is 6.74. The van der Waals surface area contributed by atoms with Crippen molar-refractivity contribution in [3.05, 3.63) is 34.3 Å². The van der Waals surface area contributed by atoms with Crippen molar-refractivity contribution in [2.75, 3.05) is 26.1 Å². The minimum Gasteiger partial charge on any atom is -0.383 e. The van der Waals surface area contributed by atoms with Gasteiger partial charge in [-0.2, -0.15) is 5.10 Å². The van der Waals surface area contributed by atoms with Crippen molar-refractivity contribution in [2.24, 2.45) is 0 Å². The van der Waals surface area contributed by atoms with Gasteiger partial charge in [-0.05, 0) is 26.0 Å². The first-order valence-corrected chi connectivity index (χ1v) is 7.94.